The van der Waals surface area contributed by atoms with Crippen LogP contribution >= 0.6 is 0 Å². The molecule has 0 aliphatic heterocycles. The predicted octanol–water partition coefficient (Wildman–Crippen LogP) is 6.03. The number of rotatable bonds is 8. The van der Waals surface area contributed by atoms with Crippen LogP contribution in [0.4, 0.5) is 17.3 Å². The number of anilines is 3. The van der Waals surface area contributed by atoms with Gasteiger partial charge in [0.1, 0.15) is 0 Å². The number of benzene rings is 3. The fourth-order valence-corrected chi connectivity index (χ4v) is 3.79. The second-order valence-electron chi connectivity index (χ2n) is 8.17. The monoisotopic (exact) mass is 480 g/mol. The van der Waals surface area contributed by atoms with Crippen LogP contribution < -0.4 is 20.1 Å². The van der Waals surface area contributed by atoms with Gasteiger partial charge in [-0.25, -0.2) is 9.97 Å². The first kappa shape index (κ1) is 24.5. The van der Waals surface area contributed by atoms with Gasteiger partial charge >= 0.3 is 0 Å². The van der Waals surface area contributed by atoms with Gasteiger partial charge in [-0.3, -0.25) is 4.79 Å². The normalized spacial score (nSPS) is 11.1. The van der Waals surface area contributed by atoms with Crippen molar-refractivity contribution in [2.45, 2.75) is 13.8 Å². The first-order valence-corrected chi connectivity index (χ1v) is 11.4. The highest BCUT2D eigenvalue weighted by molar-refractivity contribution is 6.29. The molecule has 0 aliphatic carbocycles. The summed E-state index contributed by atoms with van der Waals surface area (Å²) < 4.78 is 10.8. The van der Waals surface area contributed by atoms with Crippen molar-refractivity contribution in [3.05, 3.63) is 101 Å². The Morgan fingerprint density at radius 2 is 1.47 bits per heavy atom. The van der Waals surface area contributed by atoms with Gasteiger partial charge in [0.05, 0.1) is 14.2 Å². The highest BCUT2D eigenvalue weighted by Gasteiger charge is 2.14. The van der Waals surface area contributed by atoms with E-state index in [1.807, 2.05) is 98.8 Å². The first-order chi connectivity index (χ1) is 17.4. The van der Waals surface area contributed by atoms with Gasteiger partial charge in [0.25, 0.3) is 5.91 Å². The van der Waals surface area contributed by atoms with Crippen LogP contribution in [0, 0.1) is 13.8 Å². The molecule has 0 aliphatic rings. The molecule has 7 nitrogen and oxygen atoms in total. The van der Waals surface area contributed by atoms with E-state index in [1.54, 1.807) is 14.2 Å². The molecule has 0 saturated carbocycles. The first-order valence-electron chi connectivity index (χ1n) is 11.4. The lowest BCUT2D eigenvalue weighted by Gasteiger charge is -2.13. The molecule has 0 atom stereocenters. The fraction of sp³-hybridized carbons (Fsp3) is 0.138. The molecular weight excluding hydrogens is 452 g/mol. The number of aromatic nitrogens is 2. The maximum Gasteiger partial charge on any atom is 0.256 e. The van der Waals surface area contributed by atoms with Crippen LogP contribution in [0.3, 0.4) is 0 Å². The number of amides is 1. The summed E-state index contributed by atoms with van der Waals surface area (Å²) in [7, 11) is 3.17. The summed E-state index contributed by atoms with van der Waals surface area (Å²) in [5.41, 5.74) is 5.28. The van der Waals surface area contributed by atoms with E-state index in [4.69, 9.17) is 9.47 Å². The maximum atomic E-state index is 13.5. The summed E-state index contributed by atoms with van der Waals surface area (Å²) >= 11 is 0. The molecule has 7 heteroatoms. The Balaban J connectivity index is 1.62. The minimum Gasteiger partial charge on any atom is -0.493 e. The van der Waals surface area contributed by atoms with Crippen molar-refractivity contribution >= 4 is 34.9 Å². The lowest BCUT2D eigenvalue weighted by molar-refractivity contribution is -0.111. The van der Waals surface area contributed by atoms with E-state index in [-0.39, 0.29) is 5.91 Å². The van der Waals surface area contributed by atoms with Crippen LogP contribution in [0.15, 0.2) is 78.9 Å². The molecule has 182 valence electrons. The van der Waals surface area contributed by atoms with Crippen LogP contribution in [0.25, 0.3) is 11.6 Å². The third kappa shape index (κ3) is 6.07. The number of aryl methyl sites for hydroxylation is 2. The molecule has 4 aromatic rings. The number of carbonyl (C=O) groups excluding carboxylic acids is 1. The van der Waals surface area contributed by atoms with Crippen molar-refractivity contribution < 1.29 is 14.3 Å². The summed E-state index contributed by atoms with van der Waals surface area (Å²) in [5.74, 6) is 1.48. The van der Waals surface area contributed by atoms with Gasteiger partial charge < -0.3 is 20.1 Å². The molecule has 1 heterocycles. The van der Waals surface area contributed by atoms with Gasteiger partial charge in [0.2, 0.25) is 5.95 Å². The summed E-state index contributed by atoms with van der Waals surface area (Å²) in [4.78, 5) is 22.3. The Bertz CT molecular complexity index is 1380. The second-order valence-corrected chi connectivity index (χ2v) is 8.17. The summed E-state index contributed by atoms with van der Waals surface area (Å²) in [6.07, 6.45) is 1.83. The zero-order valence-corrected chi connectivity index (χ0v) is 20.7. The predicted molar refractivity (Wildman–Crippen MR) is 144 cm³/mol. The average Bonchev–Trinajstić information content (AvgIpc) is 2.87. The SMILES string of the molecule is COc1ccc(/C=C(/C(=O)Nc2cccc(Nc3nc(C)cc(C)n3)c2)c2ccccc2)cc1OC. The van der Waals surface area contributed by atoms with Crippen molar-refractivity contribution in [2.24, 2.45) is 0 Å². The van der Waals surface area contributed by atoms with E-state index in [9.17, 15) is 4.79 Å². The van der Waals surface area contributed by atoms with E-state index in [0.717, 1.165) is 28.2 Å². The molecule has 1 amide bonds. The van der Waals surface area contributed by atoms with E-state index < -0.39 is 0 Å². The summed E-state index contributed by atoms with van der Waals surface area (Å²) in [6, 6.07) is 24.4. The molecule has 4 rings (SSSR count). The maximum absolute atomic E-state index is 13.5. The van der Waals surface area contributed by atoms with Crippen molar-refractivity contribution in [1.82, 2.24) is 9.97 Å². The van der Waals surface area contributed by atoms with Crippen molar-refractivity contribution in [2.75, 3.05) is 24.9 Å². The third-order valence-electron chi connectivity index (χ3n) is 5.41. The average molecular weight is 481 g/mol. The molecule has 0 unspecified atom stereocenters. The van der Waals surface area contributed by atoms with E-state index >= 15 is 0 Å². The number of methoxy groups -OCH3 is 2. The Hall–Kier alpha value is -4.65. The van der Waals surface area contributed by atoms with Gasteiger partial charge in [-0.05, 0) is 67.4 Å². The van der Waals surface area contributed by atoms with E-state index in [0.29, 0.717) is 28.7 Å². The molecule has 0 spiro atoms. The van der Waals surface area contributed by atoms with Crippen LogP contribution in [-0.2, 0) is 4.79 Å². The van der Waals surface area contributed by atoms with Gasteiger partial charge in [0.15, 0.2) is 11.5 Å². The number of hydrogen-bond donors (Lipinski definition) is 2. The van der Waals surface area contributed by atoms with Crippen LogP contribution in [0.2, 0.25) is 0 Å². The smallest absolute Gasteiger partial charge is 0.256 e. The summed E-state index contributed by atoms with van der Waals surface area (Å²) in [6.45, 7) is 3.85. The molecule has 0 radical (unpaired) electrons. The number of nitrogens with zero attached hydrogens (tertiary/aromatic N) is 2. The number of carbonyl (C=O) groups is 1. The van der Waals surface area contributed by atoms with Crippen LogP contribution in [0.5, 0.6) is 11.5 Å². The second kappa shape index (κ2) is 11.2. The molecular formula is C29H28N4O3. The molecule has 0 bridgehead atoms. The Morgan fingerprint density at radius 3 is 2.17 bits per heavy atom. The minimum absolute atomic E-state index is 0.240. The lowest BCUT2D eigenvalue weighted by atomic mass is 10.0. The lowest BCUT2D eigenvalue weighted by Crippen LogP contribution is -2.14. The molecule has 36 heavy (non-hydrogen) atoms. The largest absolute Gasteiger partial charge is 0.493 e. The standard InChI is InChI=1S/C29H28N4O3/c1-19-15-20(2)31-29(30-19)33-24-12-8-11-23(18-24)32-28(34)25(22-9-6-5-7-10-22)16-21-13-14-26(35-3)27(17-21)36-4/h5-18H,1-4H3,(H,32,34)(H,30,31,33)/b25-16+. The zero-order chi connectivity index (χ0) is 25.5. The van der Waals surface area contributed by atoms with Gasteiger partial charge in [-0.1, -0.05) is 42.5 Å². The summed E-state index contributed by atoms with van der Waals surface area (Å²) in [5, 5.41) is 6.23. The highest BCUT2D eigenvalue weighted by atomic mass is 16.5. The Labute approximate surface area is 210 Å². The van der Waals surface area contributed by atoms with Crippen LogP contribution in [0.1, 0.15) is 22.5 Å². The van der Waals surface area contributed by atoms with Gasteiger partial charge in [-0.2, -0.15) is 0 Å². The quantitative estimate of drug-likeness (QED) is 0.236. The topological polar surface area (TPSA) is 85.4 Å². The van der Waals surface area contributed by atoms with Gasteiger partial charge in [0, 0.05) is 28.3 Å². The fourth-order valence-electron chi connectivity index (χ4n) is 3.79. The molecule has 1 aromatic heterocycles. The highest BCUT2D eigenvalue weighted by Crippen LogP contribution is 2.30. The molecule has 0 fully saturated rings. The van der Waals surface area contributed by atoms with Crippen molar-refractivity contribution in [3.63, 3.8) is 0 Å². The van der Waals surface area contributed by atoms with Crippen LogP contribution in [-0.4, -0.2) is 30.1 Å². The third-order valence-corrected chi connectivity index (χ3v) is 5.41. The Morgan fingerprint density at radius 1 is 0.778 bits per heavy atom. The van der Waals surface area contributed by atoms with Gasteiger partial charge in [-0.15, -0.1) is 0 Å². The number of ether oxygens (including phenoxy) is 2. The van der Waals surface area contributed by atoms with Crippen molar-refractivity contribution in [3.8, 4) is 11.5 Å². The molecule has 2 N–H and O–H groups in total. The Kier molecular flexibility index (Phi) is 7.60. The van der Waals surface area contributed by atoms with E-state index in [1.165, 1.54) is 0 Å². The zero-order valence-electron chi connectivity index (χ0n) is 20.7. The van der Waals surface area contributed by atoms with Crippen molar-refractivity contribution in [1.29, 1.82) is 0 Å². The number of hydrogen-bond acceptors (Lipinski definition) is 6. The minimum atomic E-state index is -0.240. The number of nitrogens with one attached hydrogen (secondary N) is 2. The molecule has 0 saturated heterocycles. The van der Waals surface area contributed by atoms with E-state index in [2.05, 4.69) is 20.6 Å². The molecule has 3 aromatic carbocycles.